The third-order valence-corrected chi connectivity index (χ3v) is 2.96. The van der Waals surface area contributed by atoms with Crippen molar-refractivity contribution in [3.05, 3.63) is 22.6 Å². The van der Waals surface area contributed by atoms with Crippen LogP contribution in [0.3, 0.4) is 0 Å². The summed E-state index contributed by atoms with van der Waals surface area (Å²) in [5.41, 5.74) is 0.471. The normalized spacial score (nSPS) is 20.5. The van der Waals surface area contributed by atoms with Crippen molar-refractivity contribution in [3.63, 3.8) is 0 Å². The minimum absolute atomic E-state index is 0.149. The van der Waals surface area contributed by atoms with Crippen molar-refractivity contribution < 1.29 is 13.9 Å². The highest BCUT2D eigenvalue weighted by molar-refractivity contribution is 9.10. The van der Waals surface area contributed by atoms with Crippen LogP contribution >= 0.6 is 15.9 Å². The zero-order chi connectivity index (χ0) is 11.5. The predicted octanol–water partition coefficient (Wildman–Crippen LogP) is 1.41. The molecule has 2 heterocycles. The Balaban J connectivity index is 2.11. The molecule has 6 heteroatoms. The molecule has 2 rings (SSSR count). The van der Waals surface area contributed by atoms with E-state index < -0.39 is 6.10 Å². The molecular weight excluding hydrogens is 276 g/mol. The van der Waals surface area contributed by atoms with E-state index in [0.29, 0.717) is 29.9 Å². The summed E-state index contributed by atoms with van der Waals surface area (Å²) < 4.78 is 10.6. The molecule has 1 atom stereocenters. The van der Waals surface area contributed by atoms with Gasteiger partial charge < -0.3 is 14.1 Å². The Labute approximate surface area is 101 Å². The number of nitrogens with zero attached hydrogens (tertiary/aromatic N) is 2. The molecule has 0 N–H and O–H groups in total. The molecule has 1 aromatic heterocycles. The van der Waals surface area contributed by atoms with Crippen LogP contribution < -0.4 is 0 Å². The van der Waals surface area contributed by atoms with Crippen molar-refractivity contribution in [1.82, 2.24) is 4.90 Å². The van der Waals surface area contributed by atoms with Crippen LogP contribution in [0.1, 0.15) is 10.4 Å². The van der Waals surface area contributed by atoms with Crippen LogP contribution in [0.25, 0.3) is 0 Å². The fourth-order valence-electron chi connectivity index (χ4n) is 1.53. The van der Waals surface area contributed by atoms with Gasteiger partial charge >= 0.3 is 0 Å². The number of morpholine rings is 1. The molecule has 1 aromatic rings. The number of ether oxygens (including phenoxy) is 1. The van der Waals surface area contributed by atoms with Crippen LogP contribution in [-0.2, 0) is 4.74 Å². The van der Waals surface area contributed by atoms with Gasteiger partial charge in [-0.1, -0.05) is 0 Å². The van der Waals surface area contributed by atoms with Crippen molar-refractivity contribution in [1.29, 1.82) is 5.26 Å². The Kier molecular flexibility index (Phi) is 3.27. The first kappa shape index (κ1) is 11.2. The van der Waals surface area contributed by atoms with Gasteiger partial charge in [0, 0.05) is 6.54 Å². The molecule has 1 aliphatic heterocycles. The van der Waals surface area contributed by atoms with E-state index >= 15 is 0 Å². The largest absolute Gasteiger partial charge is 0.457 e. The summed E-state index contributed by atoms with van der Waals surface area (Å²) in [4.78, 5) is 13.6. The molecule has 1 aliphatic rings. The molecule has 1 unspecified atom stereocenters. The number of hydrogen-bond donors (Lipinski definition) is 0. The second-order valence-electron chi connectivity index (χ2n) is 3.35. The zero-order valence-corrected chi connectivity index (χ0v) is 9.94. The Hall–Kier alpha value is -1.32. The average molecular weight is 285 g/mol. The molecule has 16 heavy (non-hydrogen) atoms. The van der Waals surface area contributed by atoms with Crippen LogP contribution in [0.4, 0.5) is 0 Å². The first-order valence-corrected chi connectivity index (χ1v) is 5.55. The van der Waals surface area contributed by atoms with Gasteiger partial charge in [0.2, 0.25) is 0 Å². The van der Waals surface area contributed by atoms with Crippen LogP contribution in [0.5, 0.6) is 0 Å². The smallest absolute Gasteiger partial charge is 0.258 e. The maximum absolute atomic E-state index is 12.0. The first-order valence-electron chi connectivity index (χ1n) is 4.76. The number of carbonyl (C=O) groups excluding carboxylic acids is 1. The van der Waals surface area contributed by atoms with Crippen LogP contribution in [-0.4, -0.2) is 36.6 Å². The van der Waals surface area contributed by atoms with Crippen molar-refractivity contribution in [2.75, 3.05) is 19.7 Å². The minimum Gasteiger partial charge on any atom is -0.457 e. The Morgan fingerprint density at radius 1 is 1.69 bits per heavy atom. The maximum Gasteiger partial charge on any atom is 0.258 e. The number of amides is 1. The van der Waals surface area contributed by atoms with E-state index in [-0.39, 0.29) is 5.91 Å². The van der Waals surface area contributed by atoms with Crippen LogP contribution in [0.2, 0.25) is 0 Å². The molecule has 0 aliphatic carbocycles. The molecule has 0 saturated carbocycles. The molecule has 0 spiro atoms. The van der Waals surface area contributed by atoms with E-state index in [1.165, 1.54) is 6.26 Å². The number of rotatable bonds is 1. The number of nitriles is 1. The molecule has 0 aromatic carbocycles. The molecular formula is C10H9BrN2O3. The van der Waals surface area contributed by atoms with Crippen LogP contribution in [0.15, 0.2) is 21.4 Å². The standard InChI is InChI=1S/C10H9BrN2O3/c11-9-8(1-3-16-9)10(14)13-2-4-15-7(5-12)6-13/h1,3,7H,2,4,6H2. The SMILES string of the molecule is N#CC1CN(C(=O)c2ccoc2Br)CCO1. The molecule has 84 valence electrons. The highest BCUT2D eigenvalue weighted by Gasteiger charge is 2.26. The van der Waals surface area contributed by atoms with Gasteiger partial charge in [0.15, 0.2) is 10.8 Å². The van der Waals surface area contributed by atoms with Gasteiger partial charge in [-0.25, -0.2) is 0 Å². The third-order valence-electron chi connectivity index (χ3n) is 2.35. The lowest BCUT2D eigenvalue weighted by molar-refractivity contribution is 0.00338. The van der Waals surface area contributed by atoms with Crippen molar-refractivity contribution in [2.24, 2.45) is 0 Å². The second-order valence-corrected chi connectivity index (χ2v) is 4.07. The summed E-state index contributed by atoms with van der Waals surface area (Å²) >= 11 is 3.16. The molecule has 1 amide bonds. The van der Waals surface area contributed by atoms with E-state index in [0.717, 1.165) is 0 Å². The summed E-state index contributed by atoms with van der Waals surface area (Å²) in [6, 6.07) is 3.60. The molecule has 1 fully saturated rings. The topological polar surface area (TPSA) is 66.5 Å². The second kappa shape index (κ2) is 4.68. The highest BCUT2D eigenvalue weighted by atomic mass is 79.9. The van der Waals surface area contributed by atoms with E-state index in [9.17, 15) is 4.79 Å². The van der Waals surface area contributed by atoms with Gasteiger partial charge in [-0.15, -0.1) is 0 Å². The lowest BCUT2D eigenvalue weighted by Crippen LogP contribution is -2.45. The van der Waals surface area contributed by atoms with E-state index in [1.807, 2.05) is 6.07 Å². The summed E-state index contributed by atoms with van der Waals surface area (Å²) in [6.07, 6.45) is 0.905. The zero-order valence-electron chi connectivity index (χ0n) is 8.35. The van der Waals surface area contributed by atoms with E-state index in [4.69, 9.17) is 14.4 Å². The third kappa shape index (κ3) is 2.10. The van der Waals surface area contributed by atoms with Gasteiger partial charge in [-0.05, 0) is 22.0 Å². The number of halogens is 1. The molecule has 0 bridgehead atoms. The molecule has 0 radical (unpaired) electrons. The quantitative estimate of drug-likeness (QED) is 0.782. The molecule has 5 nitrogen and oxygen atoms in total. The van der Waals surface area contributed by atoms with Gasteiger partial charge in [0.25, 0.3) is 5.91 Å². The first-order chi connectivity index (χ1) is 7.72. The predicted molar refractivity (Wildman–Crippen MR) is 57.7 cm³/mol. The Morgan fingerprint density at radius 2 is 2.50 bits per heavy atom. The fraction of sp³-hybridized carbons (Fsp3) is 0.400. The lowest BCUT2D eigenvalue weighted by Gasteiger charge is -2.29. The lowest BCUT2D eigenvalue weighted by atomic mass is 10.2. The van der Waals surface area contributed by atoms with Crippen molar-refractivity contribution >= 4 is 21.8 Å². The Morgan fingerprint density at radius 3 is 3.12 bits per heavy atom. The van der Waals surface area contributed by atoms with E-state index in [1.54, 1.807) is 11.0 Å². The number of hydrogen-bond acceptors (Lipinski definition) is 4. The Bertz CT molecular complexity index is 438. The molecule has 1 saturated heterocycles. The minimum atomic E-state index is -0.539. The highest BCUT2D eigenvalue weighted by Crippen LogP contribution is 2.20. The van der Waals surface area contributed by atoms with Crippen molar-refractivity contribution in [2.45, 2.75) is 6.10 Å². The fourth-order valence-corrected chi connectivity index (χ4v) is 1.94. The van der Waals surface area contributed by atoms with E-state index in [2.05, 4.69) is 15.9 Å². The maximum atomic E-state index is 12.0. The number of carbonyl (C=O) groups is 1. The van der Waals surface area contributed by atoms with Gasteiger partial charge in [0.1, 0.15) is 0 Å². The summed E-state index contributed by atoms with van der Waals surface area (Å²) in [7, 11) is 0. The summed E-state index contributed by atoms with van der Waals surface area (Å²) in [6.45, 7) is 1.18. The monoisotopic (exact) mass is 284 g/mol. The summed E-state index contributed by atoms with van der Waals surface area (Å²) in [5, 5.41) is 8.73. The van der Waals surface area contributed by atoms with Gasteiger partial charge in [0.05, 0.1) is 31.0 Å². The summed E-state index contributed by atoms with van der Waals surface area (Å²) in [5.74, 6) is -0.149. The average Bonchev–Trinajstić information content (AvgIpc) is 2.74. The number of furan rings is 1. The van der Waals surface area contributed by atoms with Gasteiger partial charge in [-0.2, -0.15) is 5.26 Å². The van der Waals surface area contributed by atoms with Crippen molar-refractivity contribution in [3.8, 4) is 6.07 Å². The van der Waals surface area contributed by atoms with Gasteiger partial charge in [-0.3, -0.25) is 4.79 Å². The van der Waals surface area contributed by atoms with Crippen LogP contribution in [0, 0.1) is 11.3 Å².